The molecule has 0 bridgehead atoms. The Morgan fingerprint density at radius 3 is 2.48 bits per heavy atom. The molecule has 1 atom stereocenters. The van der Waals surface area contributed by atoms with Gasteiger partial charge in [-0.1, -0.05) is 60.3 Å². The van der Waals surface area contributed by atoms with Crippen LogP contribution in [0.25, 0.3) is 0 Å². The topological polar surface area (TPSA) is 70.6 Å². The van der Waals surface area contributed by atoms with E-state index >= 15 is 0 Å². The molecular formula is C19H19N3O2S. The van der Waals surface area contributed by atoms with Crippen molar-refractivity contribution in [2.45, 2.75) is 18.1 Å². The van der Waals surface area contributed by atoms with E-state index in [2.05, 4.69) is 15.6 Å². The first-order chi connectivity index (χ1) is 12.2. The van der Waals surface area contributed by atoms with Crippen LogP contribution in [-0.2, 0) is 16.0 Å². The number of carbonyl (C=O) groups is 2. The highest BCUT2D eigenvalue weighted by molar-refractivity contribution is 8.15. The van der Waals surface area contributed by atoms with Gasteiger partial charge in [0.25, 0.3) is 0 Å². The largest absolute Gasteiger partial charge is 0.356 e. The van der Waals surface area contributed by atoms with Gasteiger partial charge in [-0.3, -0.25) is 9.59 Å². The number of carbonyl (C=O) groups excluding carboxylic acids is 2. The predicted molar refractivity (Wildman–Crippen MR) is 101 cm³/mol. The van der Waals surface area contributed by atoms with Crippen molar-refractivity contribution in [3.63, 3.8) is 0 Å². The highest BCUT2D eigenvalue weighted by atomic mass is 32.2. The molecule has 1 heterocycles. The molecule has 25 heavy (non-hydrogen) atoms. The lowest BCUT2D eigenvalue weighted by Crippen LogP contribution is -2.32. The van der Waals surface area contributed by atoms with E-state index in [1.807, 2.05) is 60.7 Å². The number of amidine groups is 1. The van der Waals surface area contributed by atoms with Gasteiger partial charge in [0.05, 0.1) is 5.69 Å². The molecule has 128 valence electrons. The summed E-state index contributed by atoms with van der Waals surface area (Å²) in [5, 5.41) is 5.71. The van der Waals surface area contributed by atoms with Crippen LogP contribution in [0.1, 0.15) is 12.0 Å². The van der Waals surface area contributed by atoms with Crippen molar-refractivity contribution >= 4 is 34.4 Å². The molecule has 2 aromatic rings. The van der Waals surface area contributed by atoms with E-state index in [0.717, 1.165) is 12.1 Å². The molecule has 1 aliphatic rings. The normalized spacial score (nSPS) is 18.2. The fourth-order valence-electron chi connectivity index (χ4n) is 2.44. The van der Waals surface area contributed by atoms with Gasteiger partial charge in [-0.2, -0.15) is 0 Å². The lowest BCUT2D eigenvalue weighted by molar-refractivity contribution is -0.125. The van der Waals surface area contributed by atoms with Crippen LogP contribution in [0, 0.1) is 0 Å². The lowest BCUT2D eigenvalue weighted by Gasteiger charge is -2.07. The number of hydrogen-bond donors (Lipinski definition) is 2. The Hall–Kier alpha value is -2.60. The molecular weight excluding hydrogens is 334 g/mol. The Morgan fingerprint density at radius 2 is 1.76 bits per heavy atom. The number of hydrogen-bond acceptors (Lipinski definition) is 4. The van der Waals surface area contributed by atoms with Crippen molar-refractivity contribution in [1.29, 1.82) is 0 Å². The van der Waals surface area contributed by atoms with E-state index in [0.29, 0.717) is 11.7 Å². The second-order valence-corrected chi connectivity index (χ2v) is 6.83. The molecule has 0 spiro atoms. The summed E-state index contributed by atoms with van der Waals surface area (Å²) in [7, 11) is 0. The van der Waals surface area contributed by atoms with Crippen LogP contribution in [0.5, 0.6) is 0 Å². The number of thioether (sulfide) groups is 1. The van der Waals surface area contributed by atoms with Gasteiger partial charge in [0.15, 0.2) is 5.17 Å². The molecule has 2 N–H and O–H groups in total. The number of nitrogens with zero attached hydrogens (tertiary/aromatic N) is 1. The Morgan fingerprint density at radius 1 is 1.08 bits per heavy atom. The van der Waals surface area contributed by atoms with Crippen molar-refractivity contribution < 1.29 is 9.59 Å². The second-order valence-electron chi connectivity index (χ2n) is 5.64. The zero-order chi connectivity index (χ0) is 17.5. The fraction of sp³-hybridized carbons (Fsp3) is 0.211. The summed E-state index contributed by atoms with van der Waals surface area (Å²) < 4.78 is 0. The number of nitrogens with one attached hydrogen (secondary N) is 2. The van der Waals surface area contributed by atoms with Gasteiger partial charge in [-0.15, -0.1) is 0 Å². The van der Waals surface area contributed by atoms with Gasteiger partial charge < -0.3 is 10.6 Å². The maximum absolute atomic E-state index is 12.1. The van der Waals surface area contributed by atoms with E-state index < -0.39 is 5.25 Å². The van der Waals surface area contributed by atoms with Gasteiger partial charge in [-0.05, 0) is 24.1 Å². The zero-order valence-corrected chi connectivity index (χ0v) is 14.5. The molecule has 1 saturated heterocycles. The van der Waals surface area contributed by atoms with Gasteiger partial charge in [0.2, 0.25) is 11.8 Å². The van der Waals surface area contributed by atoms with Crippen LogP contribution in [0.15, 0.2) is 65.7 Å². The minimum absolute atomic E-state index is 0.121. The van der Waals surface area contributed by atoms with E-state index in [4.69, 9.17) is 0 Å². The SMILES string of the molecule is O=C(C[C@@H]1SC(=Nc2ccccc2)NC1=O)NCCc1ccccc1. The molecule has 0 aliphatic carbocycles. The molecule has 1 fully saturated rings. The van der Waals surface area contributed by atoms with Crippen LogP contribution in [0.3, 0.4) is 0 Å². The zero-order valence-electron chi connectivity index (χ0n) is 13.6. The number of rotatable bonds is 6. The van der Waals surface area contributed by atoms with E-state index in [-0.39, 0.29) is 18.2 Å². The van der Waals surface area contributed by atoms with Gasteiger partial charge >= 0.3 is 0 Å². The summed E-state index contributed by atoms with van der Waals surface area (Å²) in [4.78, 5) is 28.5. The highest BCUT2D eigenvalue weighted by Gasteiger charge is 2.31. The summed E-state index contributed by atoms with van der Waals surface area (Å²) in [5.74, 6) is -0.289. The fourth-order valence-corrected chi connectivity index (χ4v) is 3.43. The number of benzene rings is 2. The minimum atomic E-state index is -0.431. The molecule has 2 amide bonds. The first-order valence-electron chi connectivity index (χ1n) is 8.12. The molecule has 0 radical (unpaired) electrons. The van der Waals surface area contributed by atoms with Crippen LogP contribution in [0.2, 0.25) is 0 Å². The number of amides is 2. The van der Waals surface area contributed by atoms with Crippen LogP contribution >= 0.6 is 11.8 Å². The third-order valence-electron chi connectivity index (χ3n) is 3.71. The third kappa shape index (κ3) is 5.19. The Bertz CT molecular complexity index is 763. The highest BCUT2D eigenvalue weighted by Crippen LogP contribution is 2.24. The summed E-state index contributed by atoms with van der Waals surface area (Å²) in [5.41, 5.74) is 1.95. The molecule has 6 heteroatoms. The average Bonchev–Trinajstić information content (AvgIpc) is 2.96. The first kappa shape index (κ1) is 17.2. The maximum Gasteiger partial charge on any atom is 0.240 e. The van der Waals surface area contributed by atoms with E-state index in [1.165, 1.54) is 17.3 Å². The maximum atomic E-state index is 12.1. The van der Waals surface area contributed by atoms with Crippen molar-refractivity contribution in [2.24, 2.45) is 4.99 Å². The first-order valence-corrected chi connectivity index (χ1v) is 9.00. The summed E-state index contributed by atoms with van der Waals surface area (Å²) in [6.07, 6.45) is 0.927. The third-order valence-corrected chi connectivity index (χ3v) is 4.79. The summed E-state index contributed by atoms with van der Waals surface area (Å²) in [6, 6.07) is 19.4. The van der Waals surface area contributed by atoms with E-state index in [9.17, 15) is 9.59 Å². The minimum Gasteiger partial charge on any atom is -0.356 e. The molecule has 0 aromatic heterocycles. The van der Waals surface area contributed by atoms with Gasteiger partial charge in [-0.25, -0.2) is 4.99 Å². The molecule has 0 unspecified atom stereocenters. The predicted octanol–water partition coefficient (Wildman–Crippen LogP) is 2.65. The quantitative estimate of drug-likeness (QED) is 0.839. The van der Waals surface area contributed by atoms with Crippen LogP contribution < -0.4 is 10.6 Å². The van der Waals surface area contributed by atoms with Crippen molar-refractivity contribution in [3.05, 3.63) is 66.2 Å². The molecule has 5 nitrogen and oxygen atoms in total. The standard InChI is InChI=1S/C19H19N3O2S/c23-17(20-12-11-14-7-3-1-4-8-14)13-16-18(24)22-19(25-16)21-15-9-5-2-6-10-15/h1-10,16H,11-13H2,(H,20,23)(H,21,22,24)/t16-/m0/s1. The van der Waals surface area contributed by atoms with Gasteiger partial charge in [0.1, 0.15) is 5.25 Å². The number of para-hydroxylation sites is 1. The lowest BCUT2D eigenvalue weighted by atomic mass is 10.1. The Balaban J connectivity index is 1.47. The van der Waals surface area contributed by atoms with E-state index in [1.54, 1.807) is 0 Å². The smallest absolute Gasteiger partial charge is 0.240 e. The molecule has 0 saturated carbocycles. The van der Waals surface area contributed by atoms with Gasteiger partial charge in [0, 0.05) is 13.0 Å². The Kier molecular flexibility index (Phi) is 5.85. The second kappa shape index (κ2) is 8.48. The molecule has 2 aromatic carbocycles. The van der Waals surface area contributed by atoms with Crippen LogP contribution in [-0.4, -0.2) is 28.8 Å². The monoisotopic (exact) mass is 353 g/mol. The summed E-state index contributed by atoms with van der Waals surface area (Å²) >= 11 is 1.30. The average molecular weight is 353 g/mol. The molecule has 1 aliphatic heterocycles. The van der Waals surface area contributed by atoms with Crippen LogP contribution in [0.4, 0.5) is 5.69 Å². The number of aliphatic imine (C=N–C) groups is 1. The van der Waals surface area contributed by atoms with Crippen molar-refractivity contribution in [3.8, 4) is 0 Å². The summed E-state index contributed by atoms with van der Waals surface area (Å²) in [6.45, 7) is 0.562. The molecule has 3 rings (SSSR count). The van der Waals surface area contributed by atoms with Crippen molar-refractivity contribution in [1.82, 2.24) is 10.6 Å². The Labute approximate surface area is 150 Å². The van der Waals surface area contributed by atoms with Crippen molar-refractivity contribution in [2.75, 3.05) is 6.54 Å².